The van der Waals surface area contributed by atoms with Crippen LogP contribution in [0.15, 0.2) is 39.1 Å². The molecule has 2 aliphatic rings. The van der Waals surface area contributed by atoms with Crippen LogP contribution in [0.4, 0.5) is 5.13 Å². The number of hydrogen-bond donors (Lipinski definition) is 4. The fraction of sp³-hybridized carbons (Fsp3) is 0.409. The summed E-state index contributed by atoms with van der Waals surface area (Å²) in [6, 6.07) is -0.842. The first-order valence-corrected chi connectivity index (χ1v) is 15.6. The van der Waals surface area contributed by atoms with Crippen molar-refractivity contribution in [1.82, 2.24) is 20.2 Å². The standard InChI is InChI=1S/C22H24ClN7O5S4/c1-22(2,25)8-36-6-9-5-26-4-3-10(9)38-11-7-37-19-14(18(32)30(19)15(11)20(33)34)27-17(31)13(29-35)12-16(23)39-21(24)28-12/h3-5,13-14,19H,6-8,25H2,1-2H3,(H2,24,28)(H,27,31)(H,33,34)/t13?,14-,19+/m1/s1. The second-order valence-electron chi connectivity index (χ2n) is 9.26. The zero-order valence-electron chi connectivity index (χ0n) is 20.6. The fourth-order valence-electron chi connectivity index (χ4n) is 3.80. The van der Waals surface area contributed by atoms with Crippen LogP contribution in [0, 0.1) is 4.91 Å². The number of halogens is 1. The third-order valence-electron chi connectivity index (χ3n) is 5.50. The van der Waals surface area contributed by atoms with Gasteiger partial charge in [-0.15, -0.1) is 16.7 Å². The van der Waals surface area contributed by atoms with Gasteiger partial charge in [-0.2, -0.15) is 11.8 Å². The van der Waals surface area contributed by atoms with Gasteiger partial charge in [-0.25, -0.2) is 9.78 Å². The number of thiazole rings is 1. The van der Waals surface area contributed by atoms with E-state index in [4.69, 9.17) is 23.1 Å². The highest BCUT2D eigenvalue weighted by molar-refractivity contribution is 8.06. The zero-order chi connectivity index (χ0) is 28.5. The summed E-state index contributed by atoms with van der Waals surface area (Å²) in [7, 11) is 0. The maximum absolute atomic E-state index is 13.1. The molecule has 39 heavy (non-hydrogen) atoms. The lowest BCUT2D eigenvalue weighted by Gasteiger charge is -2.49. The lowest BCUT2D eigenvalue weighted by Crippen LogP contribution is -2.70. The number of nitrogens with one attached hydrogen (secondary N) is 1. The van der Waals surface area contributed by atoms with E-state index in [0.29, 0.717) is 16.4 Å². The molecule has 17 heteroatoms. The zero-order valence-corrected chi connectivity index (χ0v) is 24.6. The maximum Gasteiger partial charge on any atom is 0.353 e. The number of nitrogens with zero attached hydrogens (tertiary/aromatic N) is 4. The molecule has 2 aliphatic heterocycles. The number of aliphatic carboxylic acids is 1. The van der Waals surface area contributed by atoms with E-state index >= 15 is 0 Å². The van der Waals surface area contributed by atoms with Crippen LogP contribution in [0.25, 0.3) is 0 Å². The van der Waals surface area contributed by atoms with Gasteiger partial charge in [0.15, 0.2) is 5.13 Å². The molecule has 0 saturated carbocycles. The molecule has 0 radical (unpaired) electrons. The second-order valence-corrected chi connectivity index (χ2v) is 14.1. The normalized spacial score (nSPS) is 19.8. The number of pyridine rings is 1. The summed E-state index contributed by atoms with van der Waals surface area (Å²) in [4.78, 5) is 60.1. The Morgan fingerprint density at radius 1 is 1.44 bits per heavy atom. The van der Waals surface area contributed by atoms with Gasteiger partial charge < -0.3 is 21.9 Å². The first-order valence-electron chi connectivity index (χ1n) is 11.3. The van der Waals surface area contributed by atoms with Crippen molar-refractivity contribution >= 4 is 81.1 Å². The molecule has 0 aliphatic carbocycles. The molecule has 0 bridgehead atoms. The molecule has 2 aromatic heterocycles. The van der Waals surface area contributed by atoms with Crippen molar-refractivity contribution in [3.8, 4) is 0 Å². The smallest absolute Gasteiger partial charge is 0.353 e. The van der Waals surface area contributed by atoms with Crippen LogP contribution >= 0.6 is 58.2 Å². The van der Waals surface area contributed by atoms with Gasteiger partial charge in [0.25, 0.3) is 11.8 Å². The van der Waals surface area contributed by atoms with Crippen molar-refractivity contribution in [1.29, 1.82) is 0 Å². The molecule has 4 rings (SSSR count). The van der Waals surface area contributed by atoms with Crippen molar-refractivity contribution in [2.24, 2.45) is 10.9 Å². The molecule has 0 spiro atoms. The number of β-lactam (4-membered cyclic amide) rings is 1. The number of carbonyl (C=O) groups is 3. The van der Waals surface area contributed by atoms with Gasteiger partial charge >= 0.3 is 5.97 Å². The molecule has 1 fully saturated rings. The van der Waals surface area contributed by atoms with Crippen LogP contribution in [0.1, 0.15) is 31.1 Å². The molecular weight excluding hydrogens is 606 g/mol. The minimum atomic E-state index is -1.60. The summed E-state index contributed by atoms with van der Waals surface area (Å²) >= 11 is 11.1. The average molecular weight is 630 g/mol. The summed E-state index contributed by atoms with van der Waals surface area (Å²) in [5, 5.41) is 14.7. The minimum Gasteiger partial charge on any atom is -0.477 e. The van der Waals surface area contributed by atoms with Gasteiger partial charge in [0.05, 0.1) is 0 Å². The third-order valence-corrected chi connectivity index (χ3v) is 10.7. The van der Waals surface area contributed by atoms with E-state index in [2.05, 4.69) is 20.5 Å². The van der Waals surface area contributed by atoms with Crippen LogP contribution in [0.3, 0.4) is 0 Å². The molecule has 2 amide bonds. The van der Waals surface area contributed by atoms with Gasteiger partial charge in [-0.1, -0.05) is 34.7 Å². The number of nitrogen functional groups attached to an aromatic ring is 1. The third kappa shape index (κ3) is 6.52. The van der Waals surface area contributed by atoms with E-state index in [1.165, 1.54) is 23.5 Å². The SMILES string of the molecule is CC(C)(N)CSCc1cnccc1SC1=C(C(=O)O)N2C(=O)[C@@H](NC(=O)C(N=O)c3nc(N)sc3Cl)[C@@H]2SC1. The Morgan fingerprint density at radius 2 is 2.18 bits per heavy atom. The summed E-state index contributed by atoms with van der Waals surface area (Å²) in [6.45, 7) is 3.88. The van der Waals surface area contributed by atoms with Crippen molar-refractivity contribution in [2.75, 3.05) is 17.2 Å². The highest BCUT2D eigenvalue weighted by atomic mass is 35.5. The summed E-state index contributed by atoms with van der Waals surface area (Å²) in [6.07, 6.45) is 3.36. The molecule has 2 aromatic rings. The van der Waals surface area contributed by atoms with Crippen LogP contribution in [0.5, 0.6) is 0 Å². The highest BCUT2D eigenvalue weighted by Gasteiger charge is 2.55. The number of fused-ring (bicyclic) bond motifs is 1. The van der Waals surface area contributed by atoms with Crippen LogP contribution < -0.4 is 16.8 Å². The monoisotopic (exact) mass is 629 g/mol. The average Bonchev–Trinajstić information content (AvgIpc) is 3.20. The van der Waals surface area contributed by atoms with E-state index in [1.807, 2.05) is 13.8 Å². The van der Waals surface area contributed by atoms with E-state index < -0.39 is 35.2 Å². The molecule has 1 unspecified atom stereocenters. The number of carboxylic acid groups (broad SMARTS) is 1. The summed E-state index contributed by atoms with van der Waals surface area (Å²) < 4.78 is 0.0410. The molecule has 3 atom stereocenters. The number of anilines is 1. The van der Waals surface area contributed by atoms with Gasteiger partial charge in [-0.05, 0) is 30.7 Å². The topological polar surface area (TPSA) is 194 Å². The number of nitrogens with two attached hydrogens (primary N) is 2. The first kappa shape index (κ1) is 29.6. The molecule has 12 nitrogen and oxygen atoms in total. The Balaban J connectivity index is 1.50. The maximum atomic E-state index is 13.1. The number of nitroso groups, excluding NO2 is 1. The lowest BCUT2D eigenvalue weighted by atomic mass is 10.0. The van der Waals surface area contributed by atoms with E-state index in [-0.39, 0.29) is 26.4 Å². The molecule has 208 valence electrons. The Morgan fingerprint density at radius 3 is 2.79 bits per heavy atom. The number of carboxylic acids is 1. The largest absolute Gasteiger partial charge is 0.477 e. The van der Waals surface area contributed by atoms with E-state index in [9.17, 15) is 24.4 Å². The van der Waals surface area contributed by atoms with Crippen molar-refractivity contribution in [2.45, 2.75) is 47.5 Å². The van der Waals surface area contributed by atoms with E-state index in [1.54, 1.807) is 30.2 Å². The van der Waals surface area contributed by atoms with Gasteiger partial charge in [0.1, 0.15) is 27.1 Å². The van der Waals surface area contributed by atoms with E-state index in [0.717, 1.165) is 32.4 Å². The quantitative estimate of drug-likeness (QED) is 0.210. The van der Waals surface area contributed by atoms with Crippen LogP contribution in [0.2, 0.25) is 4.34 Å². The number of hydrogen-bond acceptors (Lipinski definition) is 13. The second kappa shape index (κ2) is 12.0. The Hall–Kier alpha value is -2.37. The molecule has 1 saturated heterocycles. The number of aromatic nitrogens is 2. The van der Waals surface area contributed by atoms with Gasteiger partial charge in [-0.3, -0.25) is 19.5 Å². The predicted molar refractivity (Wildman–Crippen MR) is 154 cm³/mol. The summed E-state index contributed by atoms with van der Waals surface area (Å²) in [5.41, 5.74) is 12.0. The van der Waals surface area contributed by atoms with Gasteiger partial charge in [0.2, 0.25) is 6.04 Å². The summed E-state index contributed by atoms with van der Waals surface area (Å²) in [5.74, 6) is -1.09. The molecule has 4 heterocycles. The van der Waals surface area contributed by atoms with Crippen LogP contribution in [-0.4, -0.2) is 66.2 Å². The molecule has 0 aromatic carbocycles. The van der Waals surface area contributed by atoms with Gasteiger partial charge in [0, 0.05) is 45.0 Å². The first-order chi connectivity index (χ1) is 18.4. The number of carbonyl (C=O) groups excluding carboxylic acids is 2. The number of thioether (sulfide) groups is 3. The molecular formula is C22H24ClN7O5S4. The lowest BCUT2D eigenvalue weighted by molar-refractivity contribution is -0.150. The predicted octanol–water partition coefficient (Wildman–Crippen LogP) is 3.04. The molecule has 6 N–H and O–H groups in total. The van der Waals surface area contributed by atoms with Crippen molar-refractivity contribution in [3.63, 3.8) is 0 Å². The number of amides is 2. The Labute approximate surface area is 245 Å². The van der Waals surface area contributed by atoms with Crippen molar-refractivity contribution < 1.29 is 19.5 Å². The van der Waals surface area contributed by atoms with Crippen molar-refractivity contribution in [3.05, 3.63) is 49.6 Å². The van der Waals surface area contributed by atoms with Crippen LogP contribution in [-0.2, 0) is 20.1 Å². The fourth-order valence-corrected chi connectivity index (χ4v) is 8.51. The highest BCUT2D eigenvalue weighted by Crippen LogP contribution is 2.46. The minimum absolute atomic E-state index is 0.0410. The number of rotatable bonds is 11. The Bertz CT molecular complexity index is 1350. The Kier molecular flexibility index (Phi) is 9.12.